The number of piperazine rings is 1. The third kappa shape index (κ3) is 4.40. The van der Waals surface area contributed by atoms with Crippen molar-refractivity contribution in [3.8, 4) is 17.0 Å². The number of hydrogen-bond acceptors (Lipinski definition) is 5. The minimum Gasteiger partial charge on any atom is -0.486 e. The Morgan fingerprint density at radius 2 is 1.76 bits per heavy atom. The van der Waals surface area contributed by atoms with Crippen molar-refractivity contribution in [2.24, 2.45) is 0 Å². The molecule has 0 saturated carbocycles. The Bertz CT molecular complexity index is 993. The number of Topliss-reactive ketones (excluding diaryl/α,β-unsaturated/α-hetero) is 1. The van der Waals surface area contributed by atoms with Crippen LogP contribution in [0.3, 0.4) is 0 Å². The standard InChI is InChI=1S/C24H27N3O2/c1-3-26-12-14-27(15-13-26)24-22-7-5-4-6-20(22)16-23(25-24)19-8-10-21(11-9-19)29-17-18(2)28/h4-11,16H,3,12-15,17H2,1-2H3. The number of aromatic nitrogens is 1. The van der Waals surface area contributed by atoms with E-state index in [1.807, 2.05) is 24.3 Å². The number of pyridine rings is 1. The highest BCUT2D eigenvalue weighted by molar-refractivity contribution is 5.95. The van der Waals surface area contributed by atoms with Gasteiger partial charge < -0.3 is 14.5 Å². The van der Waals surface area contributed by atoms with Gasteiger partial charge in [0.2, 0.25) is 0 Å². The monoisotopic (exact) mass is 389 g/mol. The molecule has 2 heterocycles. The maximum absolute atomic E-state index is 11.1. The van der Waals surface area contributed by atoms with E-state index in [9.17, 15) is 4.79 Å². The molecule has 2 aromatic carbocycles. The number of carbonyl (C=O) groups excluding carboxylic acids is 1. The Kier molecular flexibility index (Phi) is 5.76. The Hall–Kier alpha value is -2.92. The molecule has 0 aliphatic carbocycles. The van der Waals surface area contributed by atoms with Crippen LogP contribution in [-0.2, 0) is 4.79 Å². The summed E-state index contributed by atoms with van der Waals surface area (Å²) in [6.07, 6.45) is 0. The predicted molar refractivity (Wildman–Crippen MR) is 118 cm³/mol. The number of hydrogen-bond donors (Lipinski definition) is 0. The van der Waals surface area contributed by atoms with Crippen LogP contribution in [0.1, 0.15) is 13.8 Å². The van der Waals surface area contributed by atoms with Crippen LogP contribution in [-0.4, -0.2) is 55.0 Å². The van der Waals surface area contributed by atoms with E-state index in [0.717, 1.165) is 49.8 Å². The normalized spacial score (nSPS) is 14.9. The zero-order valence-electron chi connectivity index (χ0n) is 17.1. The Labute approximate surface area is 171 Å². The van der Waals surface area contributed by atoms with Crippen molar-refractivity contribution >= 4 is 22.4 Å². The Morgan fingerprint density at radius 1 is 1.03 bits per heavy atom. The molecule has 0 spiro atoms. The second-order valence-electron chi connectivity index (χ2n) is 7.49. The molecule has 0 radical (unpaired) electrons. The Morgan fingerprint density at radius 3 is 2.45 bits per heavy atom. The number of carbonyl (C=O) groups is 1. The van der Waals surface area contributed by atoms with E-state index in [0.29, 0.717) is 5.75 Å². The third-order valence-corrected chi connectivity index (χ3v) is 5.43. The maximum Gasteiger partial charge on any atom is 0.167 e. The SMILES string of the molecule is CCN1CCN(c2nc(-c3ccc(OCC(C)=O)cc3)cc3ccccc23)CC1. The first-order chi connectivity index (χ1) is 14.1. The molecule has 0 amide bonds. The number of ether oxygens (including phenoxy) is 1. The lowest BCUT2D eigenvalue weighted by molar-refractivity contribution is -0.118. The average Bonchev–Trinajstić information content (AvgIpc) is 2.77. The van der Waals surface area contributed by atoms with Gasteiger partial charge in [-0.3, -0.25) is 4.79 Å². The molecule has 0 atom stereocenters. The zero-order chi connectivity index (χ0) is 20.2. The highest BCUT2D eigenvalue weighted by atomic mass is 16.5. The number of likely N-dealkylation sites (N-methyl/N-ethyl adjacent to an activating group) is 1. The zero-order valence-corrected chi connectivity index (χ0v) is 17.1. The fraction of sp³-hybridized carbons (Fsp3) is 0.333. The van der Waals surface area contributed by atoms with Gasteiger partial charge in [0.15, 0.2) is 5.78 Å². The molecule has 5 nitrogen and oxygen atoms in total. The van der Waals surface area contributed by atoms with Crippen LogP contribution in [0.5, 0.6) is 5.75 Å². The molecule has 0 bridgehead atoms. The number of anilines is 1. The van der Waals surface area contributed by atoms with Gasteiger partial charge in [0, 0.05) is 37.1 Å². The summed E-state index contributed by atoms with van der Waals surface area (Å²) in [6.45, 7) is 9.06. The molecule has 0 unspecified atom stereocenters. The second kappa shape index (κ2) is 8.62. The first-order valence-corrected chi connectivity index (χ1v) is 10.2. The number of nitrogens with zero attached hydrogens (tertiary/aromatic N) is 3. The van der Waals surface area contributed by atoms with E-state index in [4.69, 9.17) is 9.72 Å². The molecule has 1 saturated heterocycles. The smallest absolute Gasteiger partial charge is 0.167 e. The summed E-state index contributed by atoms with van der Waals surface area (Å²) in [5.41, 5.74) is 1.99. The second-order valence-corrected chi connectivity index (χ2v) is 7.49. The fourth-order valence-corrected chi connectivity index (χ4v) is 3.75. The van der Waals surface area contributed by atoms with E-state index < -0.39 is 0 Å². The van der Waals surface area contributed by atoms with Gasteiger partial charge in [-0.2, -0.15) is 0 Å². The minimum absolute atomic E-state index is 0.0121. The summed E-state index contributed by atoms with van der Waals surface area (Å²) in [5.74, 6) is 1.77. The van der Waals surface area contributed by atoms with E-state index in [1.54, 1.807) is 0 Å². The molecule has 5 heteroatoms. The van der Waals surface area contributed by atoms with Crippen molar-refractivity contribution in [3.05, 3.63) is 54.6 Å². The Balaban J connectivity index is 1.66. The van der Waals surface area contributed by atoms with Crippen molar-refractivity contribution in [3.63, 3.8) is 0 Å². The van der Waals surface area contributed by atoms with Crippen LogP contribution in [0.25, 0.3) is 22.0 Å². The van der Waals surface area contributed by atoms with Crippen LogP contribution >= 0.6 is 0 Å². The summed E-state index contributed by atoms with van der Waals surface area (Å²) in [5, 5.41) is 2.39. The lowest BCUT2D eigenvalue weighted by atomic mass is 10.1. The summed E-state index contributed by atoms with van der Waals surface area (Å²) in [4.78, 5) is 21.1. The maximum atomic E-state index is 11.1. The molecule has 29 heavy (non-hydrogen) atoms. The van der Waals surface area contributed by atoms with Gasteiger partial charge in [0.05, 0.1) is 5.69 Å². The highest BCUT2D eigenvalue weighted by Gasteiger charge is 2.19. The van der Waals surface area contributed by atoms with Crippen LogP contribution in [0.4, 0.5) is 5.82 Å². The molecule has 0 N–H and O–H groups in total. The number of fused-ring (bicyclic) bond motifs is 1. The molecular weight excluding hydrogens is 362 g/mol. The van der Waals surface area contributed by atoms with Gasteiger partial charge in [-0.1, -0.05) is 31.2 Å². The number of ketones is 1. The molecule has 1 aliphatic heterocycles. The van der Waals surface area contributed by atoms with E-state index in [2.05, 4.69) is 47.1 Å². The van der Waals surface area contributed by atoms with Gasteiger partial charge in [-0.25, -0.2) is 4.98 Å². The van der Waals surface area contributed by atoms with Crippen LogP contribution in [0, 0.1) is 0 Å². The average molecular weight is 389 g/mol. The van der Waals surface area contributed by atoms with E-state index in [-0.39, 0.29) is 12.4 Å². The number of rotatable bonds is 6. The quantitative estimate of drug-likeness (QED) is 0.637. The summed E-state index contributed by atoms with van der Waals surface area (Å²) in [6, 6.07) is 18.4. The lowest BCUT2D eigenvalue weighted by Gasteiger charge is -2.35. The summed E-state index contributed by atoms with van der Waals surface area (Å²) >= 11 is 0. The highest BCUT2D eigenvalue weighted by Crippen LogP contribution is 2.31. The van der Waals surface area contributed by atoms with Crippen molar-refractivity contribution < 1.29 is 9.53 Å². The lowest BCUT2D eigenvalue weighted by Crippen LogP contribution is -2.46. The summed E-state index contributed by atoms with van der Waals surface area (Å²) in [7, 11) is 0. The van der Waals surface area contributed by atoms with Gasteiger partial charge in [0.25, 0.3) is 0 Å². The molecule has 1 aromatic heterocycles. The van der Waals surface area contributed by atoms with Gasteiger partial charge >= 0.3 is 0 Å². The first kappa shape index (κ1) is 19.4. The largest absolute Gasteiger partial charge is 0.486 e. The van der Waals surface area contributed by atoms with Gasteiger partial charge in [-0.15, -0.1) is 0 Å². The minimum atomic E-state index is 0.0121. The van der Waals surface area contributed by atoms with Crippen molar-refractivity contribution in [2.75, 3.05) is 44.2 Å². The molecule has 150 valence electrons. The molecule has 1 fully saturated rings. The van der Waals surface area contributed by atoms with Crippen molar-refractivity contribution in [2.45, 2.75) is 13.8 Å². The van der Waals surface area contributed by atoms with Gasteiger partial charge in [0.1, 0.15) is 18.2 Å². The predicted octanol–water partition coefficient (Wildman–Crippen LogP) is 4.01. The summed E-state index contributed by atoms with van der Waals surface area (Å²) < 4.78 is 5.49. The fourth-order valence-electron chi connectivity index (χ4n) is 3.75. The molecule has 3 aromatic rings. The van der Waals surface area contributed by atoms with Crippen LogP contribution < -0.4 is 9.64 Å². The topological polar surface area (TPSA) is 45.7 Å². The van der Waals surface area contributed by atoms with Crippen molar-refractivity contribution in [1.82, 2.24) is 9.88 Å². The third-order valence-electron chi connectivity index (χ3n) is 5.43. The molecule has 4 rings (SSSR count). The van der Waals surface area contributed by atoms with Crippen LogP contribution in [0.2, 0.25) is 0 Å². The van der Waals surface area contributed by atoms with E-state index in [1.165, 1.54) is 17.7 Å². The van der Waals surface area contributed by atoms with E-state index >= 15 is 0 Å². The number of benzene rings is 2. The van der Waals surface area contributed by atoms with Crippen molar-refractivity contribution in [1.29, 1.82) is 0 Å². The van der Waals surface area contributed by atoms with Gasteiger partial charge in [-0.05, 0) is 49.2 Å². The molecular formula is C24H27N3O2. The molecule has 1 aliphatic rings. The van der Waals surface area contributed by atoms with Crippen LogP contribution in [0.15, 0.2) is 54.6 Å². The first-order valence-electron chi connectivity index (χ1n) is 10.2.